The molecule has 2 aromatic carbocycles. The van der Waals surface area contributed by atoms with Crippen LogP contribution in [-0.4, -0.2) is 30.3 Å². The third kappa shape index (κ3) is 3.51. The first-order valence-electron chi connectivity index (χ1n) is 7.99. The average Bonchev–Trinajstić information content (AvgIpc) is 3.05. The van der Waals surface area contributed by atoms with Crippen LogP contribution >= 0.6 is 11.8 Å². The summed E-state index contributed by atoms with van der Waals surface area (Å²) in [6.07, 6.45) is 0. The number of anilines is 1. The molecule has 2 aromatic rings. The SMILES string of the molecule is COc1ccc(NC(=O)N2CCSC2c2ccc(C)cc2C)cc1. The van der Waals surface area contributed by atoms with Gasteiger partial charge in [-0.1, -0.05) is 23.8 Å². The maximum Gasteiger partial charge on any atom is 0.323 e. The van der Waals surface area contributed by atoms with Gasteiger partial charge in [0.2, 0.25) is 0 Å². The fourth-order valence-electron chi connectivity index (χ4n) is 2.91. The highest BCUT2D eigenvalue weighted by atomic mass is 32.2. The molecule has 0 spiro atoms. The quantitative estimate of drug-likeness (QED) is 0.887. The summed E-state index contributed by atoms with van der Waals surface area (Å²) in [6, 6.07) is 13.8. The van der Waals surface area contributed by atoms with Crippen LogP contribution < -0.4 is 10.1 Å². The minimum Gasteiger partial charge on any atom is -0.497 e. The van der Waals surface area contributed by atoms with Crippen molar-refractivity contribution in [1.82, 2.24) is 4.90 Å². The fraction of sp³-hybridized carbons (Fsp3) is 0.316. The summed E-state index contributed by atoms with van der Waals surface area (Å²) in [4.78, 5) is 14.6. The largest absolute Gasteiger partial charge is 0.497 e. The van der Waals surface area contributed by atoms with Crippen molar-refractivity contribution in [3.05, 3.63) is 59.2 Å². The molecule has 126 valence electrons. The van der Waals surface area contributed by atoms with E-state index in [1.165, 1.54) is 16.7 Å². The molecule has 1 N–H and O–H groups in total. The summed E-state index contributed by atoms with van der Waals surface area (Å²) in [5.41, 5.74) is 4.47. The molecule has 1 aliphatic heterocycles. The number of carbonyl (C=O) groups excluding carboxylic acids is 1. The van der Waals surface area contributed by atoms with Gasteiger partial charge in [0.05, 0.1) is 7.11 Å². The van der Waals surface area contributed by atoms with Gasteiger partial charge in [0.1, 0.15) is 11.1 Å². The number of ether oxygens (including phenoxy) is 1. The van der Waals surface area contributed by atoms with Crippen LogP contribution in [-0.2, 0) is 0 Å². The number of hydrogen-bond acceptors (Lipinski definition) is 3. The van der Waals surface area contributed by atoms with Gasteiger partial charge >= 0.3 is 6.03 Å². The number of carbonyl (C=O) groups is 1. The van der Waals surface area contributed by atoms with Crippen LogP contribution in [0.5, 0.6) is 5.75 Å². The van der Waals surface area contributed by atoms with Gasteiger partial charge in [-0.2, -0.15) is 0 Å². The Labute approximate surface area is 147 Å². The molecular weight excluding hydrogens is 320 g/mol. The zero-order valence-corrected chi connectivity index (χ0v) is 15.0. The number of nitrogens with zero attached hydrogens (tertiary/aromatic N) is 1. The van der Waals surface area contributed by atoms with Gasteiger partial charge in [0.15, 0.2) is 0 Å². The number of urea groups is 1. The van der Waals surface area contributed by atoms with E-state index in [-0.39, 0.29) is 11.4 Å². The van der Waals surface area contributed by atoms with Gasteiger partial charge in [-0.25, -0.2) is 4.79 Å². The van der Waals surface area contributed by atoms with Crippen LogP contribution in [0.15, 0.2) is 42.5 Å². The van der Waals surface area contributed by atoms with Gasteiger partial charge in [-0.15, -0.1) is 11.8 Å². The minimum atomic E-state index is -0.0601. The van der Waals surface area contributed by atoms with Crippen LogP contribution in [0, 0.1) is 13.8 Å². The summed E-state index contributed by atoms with van der Waals surface area (Å²) < 4.78 is 5.15. The molecule has 24 heavy (non-hydrogen) atoms. The van der Waals surface area contributed by atoms with Crippen LogP contribution in [0.4, 0.5) is 10.5 Å². The topological polar surface area (TPSA) is 41.6 Å². The standard InChI is InChI=1S/C19H22N2O2S/c1-13-4-9-17(14(2)12-13)18-21(10-11-24-18)19(22)20-15-5-7-16(23-3)8-6-15/h4-9,12,18H,10-11H2,1-3H3,(H,20,22). The molecule has 1 unspecified atom stereocenters. The summed E-state index contributed by atoms with van der Waals surface area (Å²) in [5.74, 6) is 1.73. The van der Waals surface area contributed by atoms with E-state index >= 15 is 0 Å². The van der Waals surface area contributed by atoms with E-state index in [9.17, 15) is 4.79 Å². The molecule has 1 fully saturated rings. The Morgan fingerprint density at radius 1 is 1.21 bits per heavy atom. The van der Waals surface area contributed by atoms with Gasteiger partial charge < -0.3 is 15.0 Å². The number of benzene rings is 2. The van der Waals surface area contributed by atoms with E-state index in [1.54, 1.807) is 7.11 Å². The lowest BCUT2D eigenvalue weighted by molar-refractivity contribution is 0.214. The lowest BCUT2D eigenvalue weighted by atomic mass is 10.1. The van der Waals surface area contributed by atoms with E-state index in [0.29, 0.717) is 0 Å². The predicted molar refractivity (Wildman–Crippen MR) is 99.8 cm³/mol. The van der Waals surface area contributed by atoms with E-state index in [0.717, 1.165) is 23.7 Å². The van der Waals surface area contributed by atoms with Crippen LogP contribution in [0.25, 0.3) is 0 Å². The normalized spacial score (nSPS) is 17.0. The van der Waals surface area contributed by atoms with Crippen molar-refractivity contribution in [3.8, 4) is 5.75 Å². The summed E-state index contributed by atoms with van der Waals surface area (Å²) >= 11 is 1.81. The van der Waals surface area contributed by atoms with Crippen molar-refractivity contribution in [1.29, 1.82) is 0 Å². The lowest BCUT2D eigenvalue weighted by Crippen LogP contribution is -2.34. The molecule has 4 nitrogen and oxygen atoms in total. The Kier molecular flexibility index (Phi) is 5.00. The average molecular weight is 342 g/mol. The predicted octanol–water partition coefficient (Wildman–Crippen LogP) is 4.59. The molecule has 1 atom stereocenters. The van der Waals surface area contributed by atoms with E-state index < -0.39 is 0 Å². The lowest BCUT2D eigenvalue weighted by Gasteiger charge is -2.25. The first kappa shape index (κ1) is 16.7. The van der Waals surface area contributed by atoms with E-state index in [1.807, 2.05) is 40.9 Å². The molecule has 3 rings (SSSR count). The molecular formula is C19H22N2O2S. The van der Waals surface area contributed by atoms with Gasteiger partial charge in [-0.05, 0) is 49.2 Å². The van der Waals surface area contributed by atoms with Gasteiger partial charge in [0, 0.05) is 18.0 Å². The third-order valence-electron chi connectivity index (χ3n) is 4.18. The third-order valence-corrected chi connectivity index (χ3v) is 5.43. The molecule has 0 aromatic heterocycles. The minimum absolute atomic E-state index is 0.0601. The number of hydrogen-bond donors (Lipinski definition) is 1. The second-order valence-corrected chi connectivity index (χ2v) is 7.12. The maximum absolute atomic E-state index is 12.7. The van der Waals surface area contributed by atoms with Gasteiger partial charge in [-0.3, -0.25) is 0 Å². The van der Waals surface area contributed by atoms with Crippen molar-refractivity contribution in [2.24, 2.45) is 0 Å². The maximum atomic E-state index is 12.7. The number of methoxy groups -OCH3 is 1. The second kappa shape index (κ2) is 7.18. The number of aryl methyl sites for hydroxylation is 2. The Morgan fingerprint density at radius 3 is 2.62 bits per heavy atom. The number of thioether (sulfide) groups is 1. The Morgan fingerprint density at radius 2 is 1.96 bits per heavy atom. The number of amides is 2. The molecule has 1 aliphatic rings. The zero-order valence-electron chi connectivity index (χ0n) is 14.2. The van der Waals surface area contributed by atoms with Crippen molar-refractivity contribution >= 4 is 23.5 Å². The Bertz CT molecular complexity index is 731. The molecule has 5 heteroatoms. The molecule has 0 aliphatic carbocycles. The van der Waals surface area contributed by atoms with Crippen molar-refractivity contribution in [2.45, 2.75) is 19.2 Å². The van der Waals surface area contributed by atoms with Crippen LogP contribution in [0.1, 0.15) is 22.1 Å². The highest BCUT2D eigenvalue weighted by Crippen LogP contribution is 2.39. The van der Waals surface area contributed by atoms with Crippen LogP contribution in [0.3, 0.4) is 0 Å². The zero-order chi connectivity index (χ0) is 17.1. The molecule has 2 amide bonds. The Hall–Kier alpha value is -2.14. The first-order chi connectivity index (χ1) is 11.6. The van der Waals surface area contributed by atoms with Crippen molar-refractivity contribution < 1.29 is 9.53 Å². The van der Waals surface area contributed by atoms with Crippen molar-refractivity contribution in [3.63, 3.8) is 0 Å². The summed E-state index contributed by atoms with van der Waals surface area (Å²) in [6.45, 7) is 4.96. The van der Waals surface area contributed by atoms with Crippen LogP contribution in [0.2, 0.25) is 0 Å². The highest BCUT2D eigenvalue weighted by Gasteiger charge is 2.31. The smallest absolute Gasteiger partial charge is 0.323 e. The van der Waals surface area contributed by atoms with E-state index in [2.05, 4.69) is 37.4 Å². The fourth-order valence-corrected chi connectivity index (χ4v) is 4.26. The molecule has 0 saturated carbocycles. The van der Waals surface area contributed by atoms with Crippen molar-refractivity contribution in [2.75, 3.05) is 24.7 Å². The number of rotatable bonds is 3. The second-order valence-electron chi connectivity index (χ2n) is 5.94. The Balaban J connectivity index is 1.75. The highest BCUT2D eigenvalue weighted by molar-refractivity contribution is 7.99. The molecule has 1 saturated heterocycles. The summed E-state index contributed by atoms with van der Waals surface area (Å²) in [5, 5.41) is 3.06. The molecule has 0 radical (unpaired) electrons. The number of nitrogens with one attached hydrogen (secondary N) is 1. The monoisotopic (exact) mass is 342 g/mol. The van der Waals surface area contributed by atoms with Gasteiger partial charge in [0.25, 0.3) is 0 Å². The summed E-state index contributed by atoms with van der Waals surface area (Å²) in [7, 11) is 1.63. The molecule has 0 bridgehead atoms. The molecule has 1 heterocycles. The first-order valence-corrected chi connectivity index (χ1v) is 9.04. The van der Waals surface area contributed by atoms with E-state index in [4.69, 9.17) is 4.74 Å².